The summed E-state index contributed by atoms with van der Waals surface area (Å²) in [5.41, 5.74) is 0. The molecule has 0 bridgehead atoms. The third-order valence-corrected chi connectivity index (χ3v) is 4.05. The molecule has 1 aliphatic rings. The molecule has 84 valence electrons. The summed E-state index contributed by atoms with van der Waals surface area (Å²) in [6.07, 6.45) is 11.8. The molecule has 0 aromatic rings. The van der Waals surface area contributed by atoms with Crippen LogP contribution in [0.5, 0.6) is 0 Å². The Morgan fingerprint density at radius 3 is 1.86 bits per heavy atom. The van der Waals surface area contributed by atoms with E-state index in [9.17, 15) is 0 Å². The second-order valence-corrected chi connectivity index (χ2v) is 5.36. The number of hydrogen-bond acceptors (Lipinski definition) is 0. The lowest BCUT2D eigenvalue weighted by atomic mass is 9.73. The van der Waals surface area contributed by atoms with E-state index in [-0.39, 0.29) is 0 Å². The van der Waals surface area contributed by atoms with Crippen LogP contribution in [-0.4, -0.2) is 0 Å². The van der Waals surface area contributed by atoms with Crippen LogP contribution in [0.2, 0.25) is 0 Å². The molecular weight excluding hydrogens is 168 g/mol. The highest BCUT2D eigenvalue weighted by Crippen LogP contribution is 2.36. The Balaban J connectivity index is 2.34. The van der Waals surface area contributed by atoms with E-state index < -0.39 is 0 Å². The van der Waals surface area contributed by atoms with Crippen LogP contribution in [-0.2, 0) is 0 Å². The van der Waals surface area contributed by atoms with E-state index in [1.807, 2.05) is 0 Å². The van der Waals surface area contributed by atoms with Crippen LogP contribution >= 0.6 is 0 Å². The highest BCUT2D eigenvalue weighted by atomic mass is 14.3. The fourth-order valence-corrected chi connectivity index (χ4v) is 3.11. The first-order chi connectivity index (χ1) is 6.77. The molecule has 1 fully saturated rings. The van der Waals surface area contributed by atoms with E-state index in [0.29, 0.717) is 0 Å². The van der Waals surface area contributed by atoms with Crippen LogP contribution in [0.25, 0.3) is 0 Å². The van der Waals surface area contributed by atoms with Gasteiger partial charge in [0.2, 0.25) is 0 Å². The van der Waals surface area contributed by atoms with Crippen molar-refractivity contribution in [2.45, 2.75) is 72.1 Å². The maximum absolute atomic E-state index is 2.42. The van der Waals surface area contributed by atoms with Gasteiger partial charge in [-0.05, 0) is 30.6 Å². The fraction of sp³-hybridized carbons (Fsp3) is 1.00. The zero-order chi connectivity index (χ0) is 10.4. The molecule has 0 aliphatic heterocycles. The predicted molar refractivity (Wildman–Crippen MR) is 64.4 cm³/mol. The zero-order valence-electron chi connectivity index (χ0n) is 10.4. The Morgan fingerprint density at radius 2 is 1.43 bits per heavy atom. The topological polar surface area (TPSA) is 0 Å². The van der Waals surface area contributed by atoms with Gasteiger partial charge < -0.3 is 0 Å². The van der Waals surface area contributed by atoms with Crippen molar-refractivity contribution in [3.8, 4) is 0 Å². The van der Waals surface area contributed by atoms with Gasteiger partial charge in [-0.3, -0.25) is 0 Å². The van der Waals surface area contributed by atoms with E-state index in [0.717, 1.165) is 17.8 Å². The molecule has 1 aliphatic carbocycles. The molecule has 0 spiro atoms. The van der Waals surface area contributed by atoms with Crippen LogP contribution in [0.1, 0.15) is 72.1 Å². The Bertz CT molecular complexity index is 125. The SMILES string of the molecule is CCCC(CCC)C1CCC(C)CC1. The summed E-state index contributed by atoms with van der Waals surface area (Å²) in [7, 11) is 0. The zero-order valence-corrected chi connectivity index (χ0v) is 10.4. The Morgan fingerprint density at radius 1 is 0.929 bits per heavy atom. The first kappa shape index (κ1) is 12.1. The standard InChI is InChI=1S/C14H28/c1-4-6-13(7-5-2)14-10-8-12(3)9-11-14/h12-14H,4-11H2,1-3H3. The molecule has 1 saturated carbocycles. The summed E-state index contributed by atoms with van der Waals surface area (Å²) in [4.78, 5) is 0. The van der Waals surface area contributed by atoms with Crippen molar-refractivity contribution in [2.75, 3.05) is 0 Å². The van der Waals surface area contributed by atoms with Crippen molar-refractivity contribution in [1.29, 1.82) is 0 Å². The fourth-order valence-electron chi connectivity index (χ4n) is 3.11. The van der Waals surface area contributed by atoms with E-state index in [2.05, 4.69) is 20.8 Å². The molecule has 0 unspecified atom stereocenters. The van der Waals surface area contributed by atoms with E-state index >= 15 is 0 Å². The number of rotatable bonds is 5. The first-order valence-corrected chi connectivity index (χ1v) is 6.77. The average Bonchev–Trinajstić information content (AvgIpc) is 2.19. The van der Waals surface area contributed by atoms with E-state index in [1.165, 1.54) is 51.4 Å². The van der Waals surface area contributed by atoms with Crippen molar-refractivity contribution in [1.82, 2.24) is 0 Å². The molecule has 14 heavy (non-hydrogen) atoms. The summed E-state index contributed by atoms with van der Waals surface area (Å²) in [5.74, 6) is 3.14. The summed E-state index contributed by atoms with van der Waals surface area (Å²) in [6, 6.07) is 0. The van der Waals surface area contributed by atoms with Crippen LogP contribution in [0.3, 0.4) is 0 Å². The Labute approximate surface area is 90.5 Å². The van der Waals surface area contributed by atoms with Crippen molar-refractivity contribution in [3.05, 3.63) is 0 Å². The summed E-state index contributed by atoms with van der Waals surface area (Å²) < 4.78 is 0. The van der Waals surface area contributed by atoms with E-state index in [1.54, 1.807) is 0 Å². The lowest BCUT2D eigenvalue weighted by molar-refractivity contribution is 0.192. The number of hydrogen-bond donors (Lipinski definition) is 0. The molecule has 0 aromatic heterocycles. The van der Waals surface area contributed by atoms with Gasteiger partial charge in [0.15, 0.2) is 0 Å². The van der Waals surface area contributed by atoms with Crippen molar-refractivity contribution >= 4 is 0 Å². The molecule has 0 saturated heterocycles. The third-order valence-electron chi connectivity index (χ3n) is 4.05. The highest BCUT2D eigenvalue weighted by Gasteiger charge is 2.24. The van der Waals surface area contributed by atoms with Crippen LogP contribution in [0, 0.1) is 17.8 Å². The maximum Gasteiger partial charge on any atom is -0.0386 e. The summed E-state index contributed by atoms with van der Waals surface area (Å²) in [5, 5.41) is 0. The van der Waals surface area contributed by atoms with Crippen LogP contribution in [0.15, 0.2) is 0 Å². The summed E-state index contributed by atoms with van der Waals surface area (Å²) in [6.45, 7) is 7.10. The maximum atomic E-state index is 2.42. The molecule has 0 amide bonds. The molecule has 1 rings (SSSR count). The second kappa shape index (κ2) is 6.48. The molecule has 0 heteroatoms. The van der Waals surface area contributed by atoms with Gasteiger partial charge in [-0.1, -0.05) is 59.3 Å². The van der Waals surface area contributed by atoms with Gasteiger partial charge in [-0.25, -0.2) is 0 Å². The van der Waals surface area contributed by atoms with Gasteiger partial charge in [-0.2, -0.15) is 0 Å². The first-order valence-electron chi connectivity index (χ1n) is 6.77. The molecule has 0 nitrogen and oxygen atoms in total. The van der Waals surface area contributed by atoms with Crippen LogP contribution in [0.4, 0.5) is 0 Å². The highest BCUT2D eigenvalue weighted by molar-refractivity contribution is 4.76. The predicted octanol–water partition coefficient (Wildman–Crippen LogP) is 5.03. The molecule has 0 atom stereocenters. The van der Waals surface area contributed by atoms with Crippen molar-refractivity contribution in [3.63, 3.8) is 0 Å². The van der Waals surface area contributed by atoms with Crippen molar-refractivity contribution in [2.24, 2.45) is 17.8 Å². The quantitative estimate of drug-likeness (QED) is 0.578. The monoisotopic (exact) mass is 196 g/mol. The minimum absolute atomic E-state index is 1.01. The lowest BCUT2D eigenvalue weighted by Crippen LogP contribution is -2.20. The second-order valence-electron chi connectivity index (χ2n) is 5.36. The van der Waals surface area contributed by atoms with Crippen molar-refractivity contribution < 1.29 is 0 Å². The van der Waals surface area contributed by atoms with Gasteiger partial charge in [0, 0.05) is 0 Å². The molecule has 0 aromatic carbocycles. The smallest absolute Gasteiger partial charge is 0.0386 e. The summed E-state index contributed by atoms with van der Waals surface area (Å²) >= 11 is 0. The van der Waals surface area contributed by atoms with Gasteiger partial charge in [0.05, 0.1) is 0 Å². The molecule has 0 N–H and O–H groups in total. The Kier molecular flexibility index (Phi) is 5.59. The molecular formula is C14H28. The normalized spacial score (nSPS) is 28.3. The molecule has 0 radical (unpaired) electrons. The van der Waals surface area contributed by atoms with Gasteiger partial charge in [-0.15, -0.1) is 0 Å². The third kappa shape index (κ3) is 3.63. The lowest BCUT2D eigenvalue weighted by Gasteiger charge is -2.32. The van der Waals surface area contributed by atoms with Gasteiger partial charge >= 0.3 is 0 Å². The van der Waals surface area contributed by atoms with E-state index in [4.69, 9.17) is 0 Å². The average molecular weight is 196 g/mol. The van der Waals surface area contributed by atoms with Crippen LogP contribution < -0.4 is 0 Å². The largest absolute Gasteiger partial charge is 0.0654 e. The Hall–Kier alpha value is 0. The molecule has 0 heterocycles. The minimum atomic E-state index is 1.01. The van der Waals surface area contributed by atoms with Gasteiger partial charge in [0.1, 0.15) is 0 Å². The van der Waals surface area contributed by atoms with Gasteiger partial charge in [0.25, 0.3) is 0 Å². The minimum Gasteiger partial charge on any atom is -0.0654 e.